The maximum Gasteiger partial charge on any atom is 0.160 e. The first-order valence-electron chi connectivity index (χ1n) is 9.53. The number of pyridine rings is 1. The van der Waals surface area contributed by atoms with Gasteiger partial charge in [0.15, 0.2) is 11.0 Å². The van der Waals surface area contributed by atoms with Crippen molar-refractivity contribution >= 4 is 11.6 Å². The third-order valence-corrected chi connectivity index (χ3v) is 5.40. The lowest BCUT2D eigenvalue weighted by atomic mass is 10.1. The minimum absolute atomic E-state index is 0.526. The Kier molecular flexibility index (Phi) is 4.79. The fraction of sp³-hybridized carbons (Fsp3) is 0.182. The number of fused-ring (bicyclic) bond motifs is 1. The van der Waals surface area contributed by atoms with Crippen molar-refractivity contribution in [3.05, 3.63) is 83.2 Å². The molecule has 3 aromatic heterocycles. The van der Waals surface area contributed by atoms with Gasteiger partial charge in [0.2, 0.25) is 0 Å². The van der Waals surface area contributed by atoms with Crippen LogP contribution in [0.15, 0.2) is 61.1 Å². The Balaban J connectivity index is 1.32. The zero-order chi connectivity index (χ0) is 19.6. The number of imidazole rings is 1. The van der Waals surface area contributed by atoms with Crippen LogP contribution in [0.5, 0.6) is 0 Å². The van der Waals surface area contributed by atoms with E-state index in [1.165, 1.54) is 0 Å². The molecule has 1 aliphatic rings. The van der Waals surface area contributed by atoms with Gasteiger partial charge in [-0.3, -0.25) is 9.88 Å². The van der Waals surface area contributed by atoms with Gasteiger partial charge in [0.1, 0.15) is 5.82 Å². The Morgan fingerprint density at radius 1 is 1.00 bits per heavy atom. The van der Waals surface area contributed by atoms with E-state index in [2.05, 4.69) is 24.8 Å². The number of rotatable bonds is 4. The molecule has 1 aliphatic heterocycles. The normalized spacial score (nSPS) is 14.0. The van der Waals surface area contributed by atoms with Crippen LogP contribution in [0, 0.1) is 0 Å². The largest absolute Gasteiger partial charge is 0.339 e. The van der Waals surface area contributed by atoms with E-state index in [9.17, 15) is 0 Å². The van der Waals surface area contributed by atoms with Crippen molar-refractivity contribution < 1.29 is 0 Å². The summed E-state index contributed by atoms with van der Waals surface area (Å²) < 4.78 is 0. The van der Waals surface area contributed by atoms with E-state index < -0.39 is 0 Å². The Labute approximate surface area is 173 Å². The molecule has 0 spiro atoms. The average Bonchev–Trinajstić information content (AvgIpc) is 3.15. The summed E-state index contributed by atoms with van der Waals surface area (Å²) in [7, 11) is 0. The van der Waals surface area contributed by atoms with Crippen LogP contribution in [0.2, 0.25) is 5.15 Å². The highest BCUT2D eigenvalue weighted by atomic mass is 35.5. The SMILES string of the molecule is Clc1nc(-c2ccccc2)[nH]c1CN1CCc2nc(-c3cccnc3)ncc2C1. The summed E-state index contributed by atoms with van der Waals surface area (Å²) in [4.78, 5) is 23.7. The van der Waals surface area contributed by atoms with Crippen LogP contribution in [-0.2, 0) is 19.5 Å². The van der Waals surface area contributed by atoms with Crippen molar-refractivity contribution in [2.45, 2.75) is 19.5 Å². The average molecular weight is 403 g/mol. The lowest BCUT2D eigenvalue weighted by molar-refractivity contribution is 0.240. The maximum absolute atomic E-state index is 6.40. The number of aromatic nitrogens is 5. The van der Waals surface area contributed by atoms with Crippen molar-refractivity contribution in [2.75, 3.05) is 6.54 Å². The lowest BCUT2D eigenvalue weighted by Gasteiger charge is -2.27. The number of nitrogens with one attached hydrogen (secondary N) is 1. The van der Waals surface area contributed by atoms with Gasteiger partial charge in [0, 0.05) is 61.3 Å². The molecule has 0 unspecified atom stereocenters. The smallest absolute Gasteiger partial charge is 0.160 e. The molecular weight excluding hydrogens is 384 g/mol. The minimum atomic E-state index is 0.526. The summed E-state index contributed by atoms with van der Waals surface area (Å²) in [6.07, 6.45) is 6.36. The van der Waals surface area contributed by atoms with Crippen molar-refractivity contribution in [3.63, 3.8) is 0 Å². The predicted molar refractivity (Wildman–Crippen MR) is 112 cm³/mol. The highest BCUT2D eigenvalue weighted by molar-refractivity contribution is 6.30. The first-order valence-corrected chi connectivity index (χ1v) is 9.91. The number of halogens is 1. The number of benzene rings is 1. The van der Waals surface area contributed by atoms with Crippen molar-refractivity contribution in [3.8, 4) is 22.8 Å². The summed E-state index contributed by atoms with van der Waals surface area (Å²) in [6, 6.07) is 13.9. The van der Waals surface area contributed by atoms with Gasteiger partial charge < -0.3 is 4.98 Å². The van der Waals surface area contributed by atoms with E-state index in [1.54, 1.807) is 12.4 Å². The predicted octanol–water partition coefficient (Wildman–Crippen LogP) is 4.14. The Bertz CT molecular complexity index is 1130. The summed E-state index contributed by atoms with van der Waals surface area (Å²) in [5.41, 5.74) is 5.16. The van der Waals surface area contributed by atoms with Crippen LogP contribution in [0.25, 0.3) is 22.8 Å². The molecule has 4 aromatic rings. The van der Waals surface area contributed by atoms with Crippen LogP contribution >= 0.6 is 11.6 Å². The molecule has 4 heterocycles. The van der Waals surface area contributed by atoms with Crippen LogP contribution in [-0.4, -0.2) is 36.4 Å². The summed E-state index contributed by atoms with van der Waals surface area (Å²) >= 11 is 6.40. The fourth-order valence-corrected chi connectivity index (χ4v) is 3.78. The first-order chi connectivity index (χ1) is 14.3. The van der Waals surface area contributed by atoms with Gasteiger partial charge in [-0.15, -0.1) is 0 Å². The molecule has 0 atom stereocenters. The summed E-state index contributed by atoms with van der Waals surface area (Å²) in [5, 5.41) is 0.526. The molecular formula is C22H19ClN6. The number of nitrogens with zero attached hydrogens (tertiary/aromatic N) is 5. The second kappa shape index (κ2) is 7.73. The van der Waals surface area contributed by atoms with Gasteiger partial charge in [-0.25, -0.2) is 15.0 Å². The van der Waals surface area contributed by atoms with E-state index in [0.29, 0.717) is 11.7 Å². The van der Waals surface area contributed by atoms with Gasteiger partial charge in [-0.1, -0.05) is 41.9 Å². The van der Waals surface area contributed by atoms with Crippen molar-refractivity contribution in [1.82, 2.24) is 29.8 Å². The van der Waals surface area contributed by atoms with E-state index in [-0.39, 0.29) is 0 Å². The number of hydrogen-bond donors (Lipinski definition) is 1. The highest BCUT2D eigenvalue weighted by Crippen LogP contribution is 2.25. The zero-order valence-corrected chi connectivity index (χ0v) is 16.5. The molecule has 144 valence electrons. The molecule has 1 N–H and O–H groups in total. The zero-order valence-electron chi connectivity index (χ0n) is 15.7. The molecule has 7 heteroatoms. The molecule has 0 bridgehead atoms. The number of aromatic amines is 1. The maximum atomic E-state index is 6.40. The van der Waals surface area contributed by atoms with Gasteiger partial charge in [0.25, 0.3) is 0 Å². The Hall–Kier alpha value is -3.09. The molecule has 6 nitrogen and oxygen atoms in total. The topological polar surface area (TPSA) is 70.6 Å². The molecule has 0 radical (unpaired) electrons. The first kappa shape index (κ1) is 18.0. The molecule has 5 rings (SSSR count). The molecule has 0 saturated heterocycles. The summed E-state index contributed by atoms with van der Waals surface area (Å²) in [6.45, 7) is 2.41. The van der Waals surface area contributed by atoms with Crippen LogP contribution in [0.3, 0.4) is 0 Å². The Morgan fingerprint density at radius 2 is 1.86 bits per heavy atom. The fourth-order valence-electron chi connectivity index (χ4n) is 3.59. The van der Waals surface area contributed by atoms with Gasteiger partial charge in [-0.05, 0) is 12.1 Å². The monoisotopic (exact) mass is 402 g/mol. The van der Waals surface area contributed by atoms with E-state index in [1.807, 2.05) is 48.7 Å². The molecule has 0 amide bonds. The molecule has 0 fully saturated rings. The van der Waals surface area contributed by atoms with Gasteiger partial charge >= 0.3 is 0 Å². The number of H-pyrrole nitrogens is 1. The van der Waals surface area contributed by atoms with Crippen molar-refractivity contribution in [2.24, 2.45) is 0 Å². The van der Waals surface area contributed by atoms with Crippen LogP contribution in [0.4, 0.5) is 0 Å². The molecule has 0 saturated carbocycles. The third-order valence-electron chi connectivity index (χ3n) is 5.09. The minimum Gasteiger partial charge on any atom is -0.339 e. The van der Waals surface area contributed by atoms with Gasteiger partial charge in [0.05, 0.1) is 11.4 Å². The second-order valence-electron chi connectivity index (χ2n) is 7.09. The van der Waals surface area contributed by atoms with Crippen molar-refractivity contribution in [1.29, 1.82) is 0 Å². The van der Waals surface area contributed by atoms with Crippen LogP contribution < -0.4 is 0 Å². The van der Waals surface area contributed by atoms with E-state index >= 15 is 0 Å². The standard InChI is InChI=1S/C22H19ClN6/c23-20-19(27-22(28-20)15-5-2-1-3-6-15)14-29-10-8-18-17(13-29)12-25-21(26-18)16-7-4-9-24-11-16/h1-7,9,11-12H,8,10,13-14H2,(H,27,28). The lowest BCUT2D eigenvalue weighted by Crippen LogP contribution is -2.31. The molecule has 0 aliphatic carbocycles. The number of hydrogen-bond acceptors (Lipinski definition) is 5. The molecule has 29 heavy (non-hydrogen) atoms. The van der Waals surface area contributed by atoms with E-state index in [4.69, 9.17) is 16.6 Å². The van der Waals surface area contributed by atoms with E-state index in [0.717, 1.165) is 59.2 Å². The Morgan fingerprint density at radius 3 is 2.69 bits per heavy atom. The second-order valence-corrected chi connectivity index (χ2v) is 7.45. The molecule has 1 aromatic carbocycles. The van der Waals surface area contributed by atoms with Gasteiger partial charge in [-0.2, -0.15) is 0 Å². The van der Waals surface area contributed by atoms with Crippen LogP contribution in [0.1, 0.15) is 17.0 Å². The third kappa shape index (κ3) is 3.77. The highest BCUT2D eigenvalue weighted by Gasteiger charge is 2.21. The quantitative estimate of drug-likeness (QED) is 0.555. The summed E-state index contributed by atoms with van der Waals surface area (Å²) in [5.74, 6) is 1.53.